The lowest BCUT2D eigenvalue weighted by Gasteiger charge is -2.32. The van der Waals surface area contributed by atoms with Crippen LogP contribution in [-0.4, -0.2) is 23.5 Å². The smallest absolute Gasteiger partial charge is 0.0545 e. The minimum absolute atomic E-state index is 0.0947. The molecule has 0 aromatic heterocycles. The largest absolute Gasteiger partial charge is 0.393 e. The zero-order valence-corrected chi connectivity index (χ0v) is 14.0. The Hall–Kier alpha value is -0.220. The van der Waals surface area contributed by atoms with Gasteiger partial charge in [0.1, 0.15) is 0 Å². The van der Waals surface area contributed by atoms with E-state index in [2.05, 4.69) is 25.2 Å². The first-order chi connectivity index (χ1) is 9.39. The molecule has 4 heteroatoms. The second-order valence-corrected chi connectivity index (χ2v) is 7.96. The Morgan fingerprint density at radius 1 is 1.50 bits per heavy atom. The second-order valence-electron chi connectivity index (χ2n) is 6.45. The summed E-state index contributed by atoms with van der Waals surface area (Å²) in [6.45, 7) is 7.15. The van der Waals surface area contributed by atoms with Crippen LogP contribution in [0.2, 0.25) is 5.02 Å². The first-order valence-corrected chi connectivity index (χ1v) is 8.58. The predicted molar refractivity (Wildman–Crippen MR) is 87.6 cm³/mol. The van der Waals surface area contributed by atoms with E-state index in [1.807, 2.05) is 30.8 Å². The fourth-order valence-electron chi connectivity index (χ4n) is 2.87. The molecule has 0 amide bonds. The maximum atomic E-state index is 9.57. The van der Waals surface area contributed by atoms with Crippen LogP contribution >= 0.6 is 23.4 Å². The van der Waals surface area contributed by atoms with Gasteiger partial charge in [-0.25, -0.2) is 0 Å². The van der Waals surface area contributed by atoms with Crippen molar-refractivity contribution in [1.29, 1.82) is 0 Å². The molecule has 0 fully saturated rings. The van der Waals surface area contributed by atoms with Crippen molar-refractivity contribution in [3.05, 3.63) is 28.8 Å². The molecule has 0 radical (unpaired) electrons. The Balaban J connectivity index is 2.04. The molecule has 0 saturated heterocycles. The zero-order chi connectivity index (χ0) is 14.8. The van der Waals surface area contributed by atoms with Gasteiger partial charge < -0.3 is 10.4 Å². The normalized spacial score (nSPS) is 20.6. The van der Waals surface area contributed by atoms with Crippen molar-refractivity contribution < 1.29 is 5.11 Å². The number of aliphatic hydroxyl groups excluding tert-OH is 1. The summed E-state index contributed by atoms with van der Waals surface area (Å²) >= 11 is 8.14. The lowest BCUT2D eigenvalue weighted by atomic mass is 9.86. The van der Waals surface area contributed by atoms with Crippen molar-refractivity contribution in [1.82, 2.24) is 5.32 Å². The molecule has 2 unspecified atom stereocenters. The summed E-state index contributed by atoms with van der Waals surface area (Å²) in [5, 5.41) is 14.1. The van der Waals surface area contributed by atoms with Crippen LogP contribution in [0.15, 0.2) is 23.1 Å². The Labute approximate surface area is 131 Å². The molecule has 0 spiro atoms. The summed E-state index contributed by atoms with van der Waals surface area (Å²) in [7, 11) is 0. The number of rotatable bonds is 5. The van der Waals surface area contributed by atoms with Crippen molar-refractivity contribution in [3.8, 4) is 0 Å². The lowest BCUT2D eigenvalue weighted by Crippen LogP contribution is -2.35. The van der Waals surface area contributed by atoms with E-state index in [1.54, 1.807) is 0 Å². The van der Waals surface area contributed by atoms with E-state index >= 15 is 0 Å². The van der Waals surface area contributed by atoms with E-state index in [0.717, 1.165) is 30.2 Å². The van der Waals surface area contributed by atoms with Crippen LogP contribution < -0.4 is 5.32 Å². The van der Waals surface area contributed by atoms with Gasteiger partial charge in [0.15, 0.2) is 0 Å². The molecule has 1 aliphatic rings. The number of nitrogens with one attached hydrogen (secondary N) is 1. The van der Waals surface area contributed by atoms with E-state index in [4.69, 9.17) is 11.6 Å². The van der Waals surface area contributed by atoms with Crippen LogP contribution in [0.1, 0.15) is 45.2 Å². The Kier molecular flexibility index (Phi) is 5.41. The number of hydrogen-bond acceptors (Lipinski definition) is 3. The average Bonchev–Trinajstić information content (AvgIpc) is 2.35. The number of benzene rings is 1. The highest BCUT2D eigenvalue weighted by Crippen LogP contribution is 2.40. The van der Waals surface area contributed by atoms with E-state index in [1.165, 1.54) is 10.5 Å². The Morgan fingerprint density at radius 2 is 2.25 bits per heavy atom. The summed E-state index contributed by atoms with van der Waals surface area (Å²) in [6, 6.07) is 6.54. The minimum Gasteiger partial charge on any atom is -0.393 e. The first kappa shape index (κ1) is 16.2. The van der Waals surface area contributed by atoms with Gasteiger partial charge in [-0.15, -0.1) is 11.8 Å². The molecular formula is C16H24ClNOS. The number of thioether (sulfide) groups is 1. The fraction of sp³-hybridized carbons (Fsp3) is 0.625. The first-order valence-electron chi connectivity index (χ1n) is 7.22. The van der Waals surface area contributed by atoms with Gasteiger partial charge in [-0.05, 0) is 42.6 Å². The van der Waals surface area contributed by atoms with Crippen molar-refractivity contribution in [2.45, 2.75) is 50.7 Å². The fourth-order valence-corrected chi connectivity index (χ4v) is 4.36. The monoisotopic (exact) mass is 313 g/mol. The van der Waals surface area contributed by atoms with Gasteiger partial charge in [0, 0.05) is 17.5 Å². The summed E-state index contributed by atoms with van der Waals surface area (Å²) < 4.78 is 0. The molecule has 1 aliphatic heterocycles. The van der Waals surface area contributed by atoms with Gasteiger partial charge in [-0.2, -0.15) is 0 Å². The molecule has 1 aromatic carbocycles. The van der Waals surface area contributed by atoms with Crippen molar-refractivity contribution in [3.63, 3.8) is 0 Å². The third-order valence-corrected chi connectivity index (χ3v) is 5.31. The SMILES string of the molecule is CC(O)CC(C)(C)CNC1CCSc2c(Cl)cccc21. The van der Waals surface area contributed by atoms with Crippen molar-refractivity contribution in [2.75, 3.05) is 12.3 Å². The topological polar surface area (TPSA) is 32.3 Å². The number of halogens is 1. The molecule has 1 aromatic rings. The summed E-state index contributed by atoms with van der Waals surface area (Å²) in [5.74, 6) is 1.10. The van der Waals surface area contributed by atoms with E-state index in [-0.39, 0.29) is 11.5 Å². The second kappa shape index (κ2) is 6.69. The van der Waals surface area contributed by atoms with Crippen LogP contribution in [0.3, 0.4) is 0 Å². The van der Waals surface area contributed by atoms with Crippen LogP contribution in [0.25, 0.3) is 0 Å². The van der Waals surface area contributed by atoms with Crippen LogP contribution in [-0.2, 0) is 0 Å². The predicted octanol–water partition coefficient (Wildman–Crippen LogP) is 4.26. The minimum atomic E-state index is -0.254. The molecule has 0 bridgehead atoms. The van der Waals surface area contributed by atoms with Crippen LogP contribution in [0.5, 0.6) is 0 Å². The Bertz CT molecular complexity index is 462. The van der Waals surface area contributed by atoms with Crippen molar-refractivity contribution >= 4 is 23.4 Å². The molecule has 0 saturated carbocycles. The van der Waals surface area contributed by atoms with Gasteiger partial charge in [-0.1, -0.05) is 37.6 Å². The zero-order valence-electron chi connectivity index (χ0n) is 12.4. The molecule has 2 nitrogen and oxygen atoms in total. The van der Waals surface area contributed by atoms with Crippen LogP contribution in [0.4, 0.5) is 0 Å². The van der Waals surface area contributed by atoms with Gasteiger partial charge in [0.05, 0.1) is 11.1 Å². The van der Waals surface area contributed by atoms with Gasteiger partial charge in [0.2, 0.25) is 0 Å². The molecule has 2 rings (SSSR count). The number of fused-ring (bicyclic) bond motifs is 1. The molecule has 20 heavy (non-hydrogen) atoms. The number of aliphatic hydroxyl groups is 1. The van der Waals surface area contributed by atoms with Gasteiger partial charge in [-0.3, -0.25) is 0 Å². The summed E-state index contributed by atoms with van der Waals surface area (Å²) in [6.07, 6.45) is 1.68. The maximum Gasteiger partial charge on any atom is 0.0545 e. The van der Waals surface area contributed by atoms with Crippen molar-refractivity contribution in [2.24, 2.45) is 5.41 Å². The molecule has 112 valence electrons. The quantitative estimate of drug-likeness (QED) is 0.851. The van der Waals surface area contributed by atoms with Gasteiger partial charge in [0.25, 0.3) is 0 Å². The molecule has 2 atom stereocenters. The third kappa shape index (κ3) is 4.14. The highest BCUT2D eigenvalue weighted by Gasteiger charge is 2.26. The summed E-state index contributed by atoms with van der Waals surface area (Å²) in [4.78, 5) is 1.23. The highest BCUT2D eigenvalue weighted by atomic mass is 35.5. The highest BCUT2D eigenvalue weighted by molar-refractivity contribution is 7.99. The number of hydrogen-bond donors (Lipinski definition) is 2. The van der Waals surface area contributed by atoms with Gasteiger partial charge >= 0.3 is 0 Å². The average molecular weight is 314 g/mol. The molecular weight excluding hydrogens is 290 g/mol. The van der Waals surface area contributed by atoms with E-state index in [0.29, 0.717) is 6.04 Å². The lowest BCUT2D eigenvalue weighted by molar-refractivity contribution is 0.126. The van der Waals surface area contributed by atoms with Crippen LogP contribution in [0, 0.1) is 5.41 Å². The molecule has 1 heterocycles. The Morgan fingerprint density at radius 3 is 2.95 bits per heavy atom. The maximum absolute atomic E-state index is 9.57. The van der Waals surface area contributed by atoms with E-state index < -0.39 is 0 Å². The standard InChI is InChI=1S/C16H24ClNOS/c1-11(19)9-16(2,3)10-18-14-7-8-20-15-12(14)5-4-6-13(15)17/h4-6,11,14,18-19H,7-10H2,1-3H3. The summed E-state index contributed by atoms with van der Waals surface area (Å²) in [5.41, 5.74) is 1.42. The third-order valence-electron chi connectivity index (χ3n) is 3.70. The van der Waals surface area contributed by atoms with E-state index in [9.17, 15) is 5.11 Å². The molecule has 2 N–H and O–H groups in total. The molecule has 0 aliphatic carbocycles.